The standard InChI is InChI=1S/C53H103NO4/c1-3-5-7-9-11-13-15-17-18-19-20-21-22-23-24-25-26-27-28-29-30-31-32-33-34-36-38-40-42-44-46-48-52(57)54-50(49-55)53(58)51(56)47-45-43-41-39-37-35-16-14-12-10-8-6-4-2/h23-24,39,41,50-51,53,55-56,58H,3-22,25-38,40,42-49H2,1-2H3,(H,54,57)/b24-23-,41-39+. The summed E-state index contributed by atoms with van der Waals surface area (Å²) in [4.78, 5) is 12.5. The summed E-state index contributed by atoms with van der Waals surface area (Å²) >= 11 is 0. The Balaban J connectivity index is 3.50. The number of aliphatic hydroxyl groups excluding tert-OH is 3. The number of carbonyl (C=O) groups excluding carboxylic acids is 1. The minimum atomic E-state index is -1.16. The first-order valence-corrected chi connectivity index (χ1v) is 26.1. The molecule has 0 aliphatic carbocycles. The van der Waals surface area contributed by atoms with Gasteiger partial charge in [-0.05, 0) is 64.2 Å². The molecule has 0 saturated heterocycles. The molecule has 0 radical (unpaired) electrons. The number of nitrogens with one attached hydrogen (secondary N) is 1. The lowest BCUT2D eigenvalue weighted by Gasteiger charge is -2.26. The molecule has 0 saturated carbocycles. The Morgan fingerprint density at radius 2 is 0.690 bits per heavy atom. The quantitative estimate of drug-likeness (QED) is 0.0364. The van der Waals surface area contributed by atoms with Crippen molar-refractivity contribution in [3.63, 3.8) is 0 Å². The number of allylic oxidation sites excluding steroid dienone is 4. The monoisotopic (exact) mass is 818 g/mol. The van der Waals surface area contributed by atoms with Crippen LogP contribution in [0.1, 0.15) is 284 Å². The summed E-state index contributed by atoms with van der Waals surface area (Å²) < 4.78 is 0. The van der Waals surface area contributed by atoms with E-state index in [0.29, 0.717) is 12.8 Å². The first-order valence-electron chi connectivity index (χ1n) is 26.1. The van der Waals surface area contributed by atoms with Gasteiger partial charge in [0.2, 0.25) is 5.91 Å². The number of carbonyl (C=O) groups is 1. The molecular weight excluding hydrogens is 715 g/mol. The fraction of sp³-hybridized carbons (Fsp3) is 0.906. The molecule has 0 fully saturated rings. The highest BCUT2D eigenvalue weighted by molar-refractivity contribution is 5.76. The molecule has 4 N–H and O–H groups in total. The van der Waals surface area contributed by atoms with Crippen LogP contribution in [0.15, 0.2) is 24.3 Å². The molecule has 344 valence electrons. The van der Waals surface area contributed by atoms with Crippen LogP contribution in [0.4, 0.5) is 0 Å². The van der Waals surface area contributed by atoms with Crippen molar-refractivity contribution in [3.05, 3.63) is 24.3 Å². The van der Waals surface area contributed by atoms with Gasteiger partial charge in [-0.1, -0.05) is 237 Å². The Kier molecular flexibility index (Phi) is 47.5. The first-order chi connectivity index (χ1) is 28.6. The lowest BCUT2D eigenvalue weighted by Crippen LogP contribution is -2.50. The van der Waals surface area contributed by atoms with E-state index in [1.54, 1.807) is 0 Å². The molecule has 0 aromatic heterocycles. The Labute approximate surface area is 362 Å². The van der Waals surface area contributed by atoms with E-state index in [1.807, 2.05) is 0 Å². The second-order valence-corrected chi connectivity index (χ2v) is 18.1. The molecule has 0 aromatic rings. The van der Waals surface area contributed by atoms with Crippen molar-refractivity contribution in [3.8, 4) is 0 Å². The van der Waals surface area contributed by atoms with Crippen molar-refractivity contribution >= 4 is 5.91 Å². The second-order valence-electron chi connectivity index (χ2n) is 18.1. The molecule has 0 aliphatic rings. The van der Waals surface area contributed by atoms with Crippen LogP contribution in [-0.4, -0.2) is 46.1 Å². The van der Waals surface area contributed by atoms with Gasteiger partial charge in [-0.2, -0.15) is 0 Å². The van der Waals surface area contributed by atoms with Crippen LogP contribution in [0.5, 0.6) is 0 Å². The summed E-state index contributed by atoms with van der Waals surface area (Å²) in [5.41, 5.74) is 0. The third-order valence-electron chi connectivity index (χ3n) is 12.3. The first kappa shape index (κ1) is 56.8. The Morgan fingerprint density at radius 3 is 1.00 bits per heavy atom. The molecule has 5 nitrogen and oxygen atoms in total. The van der Waals surface area contributed by atoms with Crippen LogP contribution in [-0.2, 0) is 4.79 Å². The van der Waals surface area contributed by atoms with Crippen LogP contribution in [0.3, 0.4) is 0 Å². The van der Waals surface area contributed by atoms with E-state index in [2.05, 4.69) is 43.5 Å². The number of amides is 1. The summed E-state index contributed by atoms with van der Waals surface area (Å²) in [5, 5.41) is 33.5. The van der Waals surface area contributed by atoms with E-state index in [-0.39, 0.29) is 12.5 Å². The van der Waals surface area contributed by atoms with Crippen molar-refractivity contribution < 1.29 is 20.1 Å². The highest BCUT2D eigenvalue weighted by Crippen LogP contribution is 2.17. The lowest BCUT2D eigenvalue weighted by atomic mass is 10.0. The van der Waals surface area contributed by atoms with Crippen molar-refractivity contribution in [2.24, 2.45) is 0 Å². The number of unbranched alkanes of at least 4 members (excludes halogenated alkanes) is 36. The smallest absolute Gasteiger partial charge is 0.220 e. The van der Waals surface area contributed by atoms with Crippen molar-refractivity contribution in [2.75, 3.05) is 6.61 Å². The average molecular weight is 818 g/mol. The van der Waals surface area contributed by atoms with Gasteiger partial charge < -0.3 is 20.6 Å². The number of hydrogen-bond donors (Lipinski definition) is 4. The summed E-state index contributed by atoms with van der Waals surface area (Å²) in [6.45, 7) is 4.18. The fourth-order valence-corrected chi connectivity index (χ4v) is 8.22. The molecule has 0 aliphatic heterocycles. The largest absolute Gasteiger partial charge is 0.394 e. The lowest BCUT2D eigenvalue weighted by molar-refractivity contribution is -0.124. The van der Waals surface area contributed by atoms with Crippen LogP contribution in [0.2, 0.25) is 0 Å². The molecule has 1 amide bonds. The topological polar surface area (TPSA) is 89.8 Å². The van der Waals surface area contributed by atoms with E-state index in [1.165, 1.54) is 218 Å². The van der Waals surface area contributed by atoms with Gasteiger partial charge in [-0.3, -0.25) is 4.79 Å². The number of hydrogen-bond acceptors (Lipinski definition) is 4. The van der Waals surface area contributed by atoms with E-state index in [4.69, 9.17) is 0 Å². The summed E-state index contributed by atoms with van der Waals surface area (Å²) in [7, 11) is 0. The molecule has 3 atom stereocenters. The fourth-order valence-electron chi connectivity index (χ4n) is 8.22. The predicted molar refractivity (Wildman–Crippen MR) is 255 cm³/mol. The van der Waals surface area contributed by atoms with Gasteiger partial charge in [-0.25, -0.2) is 0 Å². The van der Waals surface area contributed by atoms with Gasteiger partial charge >= 0.3 is 0 Å². The van der Waals surface area contributed by atoms with Crippen LogP contribution in [0, 0.1) is 0 Å². The van der Waals surface area contributed by atoms with Crippen molar-refractivity contribution in [1.29, 1.82) is 0 Å². The minimum Gasteiger partial charge on any atom is -0.394 e. The zero-order valence-electron chi connectivity index (χ0n) is 39.2. The third-order valence-corrected chi connectivity index (χ3v) is 12.3. The zero-order valence-corrected chi connectivity index (χ0v) is 39.2. The molecule has 0 aromatic carbocycles. The van der Waals surface area contributed by atoms with Crippen LogP contribution in [0.25, 0.3) is 0 Å². The molecular formula is C53H103NO4. The predicted octanol–water partition coefficient (Wildman–Crippen LogP) is 15.7. The SMILES string of the molecule is CCCCCCCCCC/C=C/CCCC(O)C(O)C(CO)NC(=O)CCCCCCCCCCCCCCCCC/C=C\CCCCCCCCCCCCCC. The Morgan fingerprint density at radius 1 is 0.414 bits per heavy atom. The maximum atomic E-state index is 12.5. The average Bonchev–Trinajstić information content (AvgIpc) is 3.23. The van der Waals surface area contributed by atoms with Gasteiger partial charge in [0.25, 0.3) is 0 Å². The molecule has 3 unspecified atom stereocenters. The second kappa shape index (κ2) is 48.5. The van der Waals surface area contributed by atoms with Crippen LogP contribution < -0.4 is 5.32 Å². The molecule has 5 heteroatoms. The minimum absolute atomic E-state index is 0.151. The third kappa shape index (κ3) is 42.9. The zero-order chi connectivity index (χ0) is 42.3. The molecule has 0 rings (SSSR count). The van der Waals surface area contributed by atoms with Gasteiger partial charge in [0.1, 0.15) is 6.10 Å². The molecule has 0 heterocycles. The normalized spacial score (nSPS) is 13.5. The Hall–Kier alpha value is -1.17. The van der Waals surface area contributed by atoms with E-state index in [0.717, 1.165) is 38.5 Å². The Bertz CT molecular complexity index is 859. The summed E-state index contributed by atoms with van der Waals surface area (Å²) in [6, 6.07) is -0.823. The highest BCUT2D eigenvalue weighted by atomic mass is 16.3. The van der Waals surface area contributed by atoms with Gasteiger partial charge in [0.05, 0.1) is 18.8 Å². The van der Waals surface area contributed by atoms with E-state index in [9.17, 15) is 20.1 Å². The van der Waals surface area contributed by atoms with Crippen molar-refractivity contribution in [2.45, 2.75) is 302 Å². The molecule has 0 bridgehead atoms. The maximum absolute atomic E-state index is 12.5. The van der Waals surface area contributed by atoms with Gasteiger partial charge in [0, 0.05) is 6.42 Å². The number of rotatable bonds is 48. The summed E-state index contributed by atoms with van der Waals surface area (Å²) in [5.74, 6) is -0.151. The van der Waals surface area contributed by atoms with E-state index < -0.39 is 18.2 Å². The van der Waals surface area contributed by atoms with E-state index >= 15 is 0 Å². The molecule has 0 spiro atoms. The highest BCUT2D eigenvalue weighted by Gasteiger charge is 2.26. The van der Waals surface area contributed by atoms with Crippen LogP contribution >= 0.6 is 0 Å². The summed E-state index contributed by atoms with van der Waals surface area (Å²) in [6.07, 6.45) is 60.5. The van der Waals surface area contributed by atoms with Crippen molar-refractivity contribution in [1.82, 2.24) is 5.32 Å². The maximum Gasteiger partial charge on any atom is 0.220 e. The number of aliphatic hydroxyl groups is 3. The van der Waals surface area contributed by atoms with Gasteiger partial charge in [0.15, 0.2) is 0 Å². The van der Waals surface area contributed by atoms with Gasteiger partial charge in [-0.15, -0.1) is 0 Å². The molecule has 58 heavy (non-hydrogen) atoms.